The third-order valence-corrected chi connectivity index (χ3v) is 6.37. The van der Waals surface area contributed by atoms with Gasteiger partial charge in [0.15, 0.2) is 5.82 Å². The first-order valence-electron chi connectivity index (χ1n) is 11.0. The average Bonchev–Trinajstić information content (AvgIpc) is 3.41. The second kappa shape index (κ2) is 8.16. The minimum atomic E-state index is -0.301. The summed E-state index contributed by atoms with van der Waals surface area (Å²) >= 11 is 0. The molecule has 0 radical (unpaired) electrons. The van der Waals surface area contributed by atoms with E-state index in [4.69, 9.17) is 14.2 Å². The maximum atomic E-state index is 14.8. The number of pyridine rings is 1. The molecule has 0 bridgehead atoms. The number of rotatable bonds is 4. The van der Waals surface area contributed by atoms with E-state index in [-0.39, 0.29) is 5.82 Å². The Hall–Kier alpha value is -2.58. The molecule has 0 amide bonds. The normalized spacial score (nSPS) is 20.1. The average molecular weight is 426 g/mol. The number of aromatic nitrogens is 3. The van der Waals surface area contributed by atoms with Crippen LogP contribution >= 0.6 is 0 Å². The van der Waals surface area contributed by atoms with Crippen molar-refractivity contribution in [3.05, 3.63) is 34.9 Å². The molecule has 0 spiro atoms. The summed E-state index contributed by atoms with van der Waals surface area (Å²) in [7, 11) is 0. The summed E-state index contributed by atoms with van der Waals surface area (Å²) in [6.45, 7) is 8.97. The molecule has 164 valence electrons. The third-order valence-electron chi connectivity index (χ3n) is 6.37. The number of nitrogens with zero attached hydrogens (tertiary/aromatic N) is 4. The highest BCUT2D eigenvalue weighted by atomic mass is 19.1. The topological polar surface area (TPSA) is 76.3 Å². The molecule has 2 saturated heterocycles. The molecule has 0 saturated carbocycles. The fourth-order valence-corrected chi connectivity index (χ4v) is 4.74. The molecule has 2 aliphatic rings. The molecule has 31 heavy (non-hydrogen) atoms. The summed E-state index contributed by atoms with van der Waals surface area (Å²) < 4.78 is 25.9. The van der Waals surface area contributed by atoms with Crippen molar-refractivity contribution in [3.8, 4) is 11.5 Å². The molecular formula is C23H28FN5O2. The van der Waals surface area contributed by atoms with Crippen LogP contribution in [0.5, 0.6) is 0 Å². The summed E-state index contributed by atoms with van der Waals surface area (Å²) in [4.78, 5) is 11.5. The van der Waals surface area contributed by atoms with Crippen molar-refractivity contribution in [1.82, 2.24) is 20.4 Å². The molecular weight excluding hydrogens is 397 g/mol. The lowest BCUT2D eigenvalue weighted by Crippen LogP contribution is -2.46. The van der Waals surface area contributed by atoms with Crippen LogP contribution < -0.4 is 10.2 Å². The van der Waals surface area contributed by atoms with E-state index in [1.54, 1.807) is 6.92 Å². The molecule has 2 fully saturated rings. The van der Waals surface area contributed by atoms with Gasteiger partial charge < -0.3 is 19.5 Å². The van der Waals surface area contributed by atoms with Gasteiger partial charge in [-0.15, -0.1) is 0 Å². The smallest absolute Gasteiger partial charge is 0.261 e. The van der Waals surface area contributed by atoms with Crippen LogP contribution in [0.4, 0.5) is 10.2 Å². The van der Waals surface area contributed by atoms with Crippen molar-refractivity contribution in [2.75, 3.05) is 31.2 Å². The van der Waals surface area contributed by atoms with Crippen LogP contribution in [0.15, 0.2) is 16.7 Å². The van der Waals surface area contributed by atoms with E-state index in [1.807, 2.05) is 19.9 Å². The van der Waals surface area contributed by atoms with Gasteiger partial charge in [-0.2, -0.15) is 4.98 Å². The van der Waals surface area contributed by atoms with Gasteiger partial charge in [0.05, 0.1) is 12.2 Å². The summed E-state index contributed by atoms with van der Waals surface area (Å²) in [6, 6.07) is 4.41. The molecule has 1 aromatic carbocycles. The Morgan fingerprint density at radius 2 is 1.87 bits per heavy atom. The highest BCUT2D eigenvalue weighted by molar-refractivity contribution is 5.93. The Bertz CT molecular complexity index is 1100. The first-order chi connectivity index (χ1) is 15.0. The van der Waals surface area contributed by atoms with Crippen LogP contribution in [0.3, 0.4) is 0 Å². The van der Waals surface area contributed by atoms with Crippen molar-refractivity contribution < 1.29 is 13.7 Å². The van der Waals surface area contributed by atoms with E-state index < -0.39 is 0 Å². The van der Waals surface area contributed by atoms with Gasteiger partial charge in [-0.05, 0) is 63.3 Å². The third kappa shape index (κ3) is 3.90. The van der Waals surface area contributed by atoms with Crippen molar-refractivity contribution in [3.63, 3.8) is 0 Å². The Kier molecular flexibility index (Phi) is 5.35. The highest BCUT2D eigenvalue weighted by Crippen LogP contribution is 2.38. The minimum Gasteiger partial charge on any atom is -0.380 e. The number of piperidine rings is 1. The number of hydrogen-bond donors (Lipinski definition) is 1. The van der Waals surface area contributed by atoms with Crippen molar-refractivity contribution in [2.45, 2.75) is 52.1 Å². The van der Waals surface area contributed by atoms with Crippen molar-refractivity contribution in [2.24, 2.45) is 0 Å². The summed E-state index contributed by atoms with van der Waals surface area (Å²) in [5, 5.41) is 8.48. The van der Waals surface area contributed by atoms with Crippen LogP contribution in [0, 0.1) is 26.6 Å². The Morgan fingerprint density at radius 3 is 2.55 bits per heavy atom. The lowest BCUT2D eigenvalue weighted by atomic mass is 9.99. The number of halogens is 1. The molecule has 8 heteroatoms. The van der Waals surface area contributed by atoms with Gasteiger partial charge in [-0.25, -0.2) is 9.37 Å². The standard InChI is InChI=1S/C23H28FN5O2/c1-13-10-18-14(2)20(23-25-15(3)28-31-23)22(27-21(18)19(24)11-13)29-7-4-16(5-8-29)26-17-6-9-30-12-17/h10-11,16-17,26H,4-9,12H2,1-3H3/t17-/m0/s1. The zero-order valence-corrected chi connectivity index (χ0v) is 18.2. The summed E-state index contributed by atoms with van der Waals surface area (Å²) in [5.41, 5.74) is 2.96. The Labute approximate surface area is 181 Å². The zero-order valence-electron chi connectivity index (χ0n) is 18.2. The van der Waals surface area contributed by atoms with E-state index in [2.05, 4.69) is 20.4 Å². The predicted molar refractivity (Wildman–Crippen MR) is 117 cm³/mol. The SMILES string of the molecule is Cc1cc(F)c2nc(N3CCC(N[C@H]4CCOC4)CC3)c(-c3nc(C)no3)c(C)c2c1. The lowest BCUT2D eigenvalue weighted by molar-refractivity contribution is 0.186. The van der Waals surface area contributed by atoms with E-state index in [9.17, 15) is 4.39 Å². The molecule has 3 aromatic rings. The maximum Gasteiger partial charge on any atom is 0.261 e. The summed E-state index contributed by atoms with van der Waals surface area (Å²) in [6.07, 6.45) is 3.06. The number of hydrogen-bond acceptors (Lipinski definition) is 7. The van der Waals surface area contributed by atoms with Crippen molar-refractivity contribution in [1.29, 1.82) is 0 Å². The van der Waals surface area contributed by atoms with E-state index in [0.29, 0.717) is 29.3 Å². The largest absolute Gasteiger partial charge is 0.380 e. The van der Waals surface area contributed by atoms with Gasteiger partial charge in [-0.1, -0.05) is 5.16 Å². The molecule has 7 nitrogen and oxygen atoms in total. The number of aryl methyl sites for hydroxylation is 3. The fraction of sp³-hybridized carbons (Fsp3) is 0.522. The predicted octanol–water partition coefficient (Wildman–Crippen LogP) is 3.70. The maximum absolute atomic E-state index is 14.8. The number of ether oxygens (including phenoxy) is 1. The van der Waals surface area contributed by atoms with E-state index in [1.165, 1.54) is 6.07 Å². The van der Waals surface area contributed by atoms with Gasteiger partial charge in [0.25, 0.3) is 5.89 Å². The van der Waals surface area contributed by atoms with Gasteiger partial charge in [0.1, 0.15) is 17.2 Å². The second-order valence-corrected chi connectivity index (χ2v) is 8.71. The molecule has 0 aliphatic carbocycles. The van der Waals surface area contributed by atoms with Gasteiger partial charge in [-0.3, -0.25) is 0 Å². The molecule has 2 aliphatic heterocycles. The Morgan fingerprint density at radius 1 is 1.06 bits per heavy atom. The second-order valence-electron chi connectivity index (χ2n) is 8.71. The quantitative estimate of drug-likeness (QED) is 0.683. The number of anilines is 1. The van der Waals surface area contributed by atoms with Crippen LogP contribution in [-0.4, -0.2) is 53.5 Å². The zero-order chi connectivity index (χ0) is 21.5. The van der Waals surface area contributed by atoms with Gasteiger partial charge in [0.2, 0.25) is 0 Å². The van der Waals surface area contributed by atoms with E-state index >= 15 is 0 Å². The highest BCUT2D eigenvalue weighted by Gasteiger charge is 2.29. The van der Waals surface area contributed by atoms with E-state index in [0.717, 1.165) is 73.5 Å². The monoisotopic (exact) mass is 425 g/mol. The van der Waals surface area contributed by atoms with Gasteiger partial charge in [0, 0.05) is 37.2 Å². The number of benzene rings is 1. The molecule has 1 atom stereocenters. The Balaban J connectivity index is 1.51. The first-order valence-corrected chi connectivity index (χ1v) is 11.0. The molecule has 0 unspecified atom stereocenters. The van der Waals surface area contributed by atoms with Gasteiger partial charge >= 0.3 is 0 Å². The number of fused-ring (bicyclic) bond motifs is 1. The van der Waals surface area contributed by atoms with Crippen LogP contribution in [0.2, 0.25) is 0 Å². The minimum absolute atomic E-state index is 0.301. The molecule has 1 N–H and O–H groups in total. The molecule has 4 heterocycles. The fourth-order valence-electron chi connectivity index (χ4n) is 4.74. The van der Waals surface area contributed by atoms with Crippen LogP contribution in [-0.2, 0) is 4.74 Å². The van der Waals surface area contributed by atoms with Crippen LogP contribution in [0.25, 0.3) is 22.4 Å². The molecule has 5 rings (SSSR count). The first kappa shape index (κ1) is 20.3. The molecule has 2 aromatic heterocycles. The number of nitrogens with one attached hydrogen (secondary N) is 1. The summed E-state index contributed by atoms with van der Waals surface area (Å²) in [5.74, 6) is 1.42. The lowest BCUT2D eigenvalue weighted by Gasteiger charge is -2.35. The van der Waals surface area contributed by atoms with Crippen LogP contribution in [0.1, 0.15) is 36.2 Å². The van der Waals surface area contributed by atoms with Crippen molar-refractivity contribution >= 4 is 16.7 Å².